The lowest BCUT2D eigenvalue weighted by atomic mass is 9.95. The summed E-state index contributed by atoms with van der Waals surface area (Å²) in [6.45, 7) is 2.28. The number of aromatic nitrogens is 4. The van der Waals surface area contributed by atoms with E-state index in [2.05, 4.69) is 123 Å². The number of nitrogens with zero attached hydrogens (tertiary/aromatic N) is 4. The van der Waals surface area contributed by atoms with Crippen molar-refractivity contribution in [3.8, 4) is 22.5 Å². The number of hydrogen-bond acceptors (Lipinski definition) is 2. The average molecular weight is 503 g/mol. The van der Waals surface area contributed by atoms with Crippen LogP contribution in [0.25, 0.3) is 61.3 Å². The second-order valence-corrected chi connectivity index (χ2v) is 10.5. The fraction of sp³-hybridized carbons (Fsp3) is 0.0857. The Morgan fingerprint density at radius 3 is 1.92 bits per heavy atom. The van der Waals surface area contributed by atoms with E-state index < -0.39 is 0 Å². The van der Waals surface area contributed by atoms with Gasteiger partial charge in [0, 0.05) is 63.6 Å². The zero-order valence-corrected chi connectivity index (χ0v) is 21.6. The molecule has 4 aromatic heterocycles. The number of para-hydroxylation sites is 1. The first-order chi connectivity index (χ1) is 19.3. The van der Waals surface area contributed by atoms with Crippen LogP contribution in [0.4, 0.5) is 0 Å². The minimum absolute atomic E-state index is 0.525. The molecule has 8 rings (SSSR count). The molecule has 0 saturated carbocycles. The topological polar surface area (TPSA) is 35.6 Å². The van der Waals surface area contributed by atoms with Crippen molar-refractivity contribution in [2.45, 2.75) is 13.3 Å². The highest BCUT2D eigenvalue weighted by molar-refractivity contribution is 6.08. The number of hydrogen-bond donors (Lipinski definition) is 0. The Labute approximate surface area is 226 Å². The molecule has 1 aliphatic carbocycles. The molecule has 1 atom stereocenters. The molecule has 186 valence electrons. The molecule has 0 aliphatic heterocycles. The summed E-state index contributed by atoms with van der Waals surface area (Å²) >= 11 is 0. The number of fused-ring (bicyclic) bond motifs is 6. The van der Waals surface area contributed by atoms with E-state index in [0.29, 0.717) is 5.92 Å². The summed E-state index contributed by atoms with van der Waals surface area (Å²) in [7, 11) is 0. The van der Waals surface area contributed by atoms with Crippen LogP contribution >= 0.6 is 0 Å². The summed E-state index contributed by atoms with van der Waals surface area (Å²) in [5.41, 5.74) is 11.0. The first-order valence-electron chi connectivity index (χ1n) is 13.5. The SMILES string of the molecule is CC1C=Cc2c(n(-c3ccc(-c4ccc(-n5c6ccccc6c6cnccc65)cc4)cc3)c3ccncc23)C1. The number of rotatable bonds is 3. The largest absolute Gasteiger partial charge is 0.313 e. The minimum atomic E-state index is 0.525. The fourth-order valence-corrected chi connectivity index (χ4v) is 6.23. The molecule has 3 aromatic carbocycles. The normalized spacial score (nSPS) is 14.8. The molecule has 0 bridgehead atoms. The monoisotopic (exact) mass is 502 g/mol. The van der Waals surface area contributed by atoms with Crippen molar-refractivity contribution < 1.29 is 0 Å². The third-order valence-electron chi connectivity index (χ3n) is 8.08. The molecule has 0 saturated heterocycles. The summed E-state index contributed by atoms with van der Waals surface area (Å²) in [6, 6.07) is 30.6. The molecule has 0 radical (unpaired) electrons. The highest BCUT2D eigenvalue weighted by Crippen LogP contribution is 2.36. The van der Waals surface area contributed by atoms with Gasteiger partial charge in [-0.3, -0.25) is 9.97 Å². The van der Waals surface area contributed by atoms with E-state index in [1.54, 1.807) is 0 Å². The van der Waals surface area contributed by atoms with Crippen LogP contribution in [0, 0.1) is 5.92 Å². The predicted octanol–water partition coefficient (Wildman–Crippen LogP) is 8.39. The van der Waals surface area contributed by atoms with Gasteiger partial charge in [0.15, 0.2) is 0 Å². The highest BCUT2D eigenvalue weighted by Gasteiger charge is 2.21. The van der Waals surface area contributed by atoms with Crippen LogP contribution in [0.15, 0.2) is 116 Å². The van der Waals surface area contributed by atoms with Crippen molar-refractivity contribution in [1.82, 2.24) is 19.1 Å². The van der Waals surface area contributed by atoms with E-state index in [1.165, 1.54) is 60.8 Å². The molecule has 0 fully saturated rings. The van der Waals surface area contributed by atoms with Gasteiger partial charge in [0.05, 0.1) is 16.6 Å². The molecule has 0 spiro atoms. The quantitative estimate of drug-likeness (QED) is 0.243. The standard InChI is InChI=1S/C35H26N4/c1-23-6-15-29-31-22-37-19-17-34(31)39(35(29)20-23)27-13-9-25(10-14-27)24-7-11-26(12-8-24)38-32-5-3-2-4-28(32)30-21-36-18-16-33(30)38/h2-19,21-23H,20H2,1H3. The van der Waals surface area contributed by atoms with Crippen LogP contribution in [0.1, 0.15) is 18.2 Å². The van der Waals surface area contributed by atoms with E-state index in [-0.39, 0.29) is 0 Å². The van der Waals surface area contributed by atoms with E-state index in [1.807, 2.05) is 24.8 Å². The van der Waals surface area contributed by atoms with Gasteiger partial charge >= 0.3 is 0 Å². The fourth-order valence-electron chi connectivity index (χ4n) is 6.23. The van der Waals surface area contributed by atoms with Crippen LogP contribution in [0.2, 0.25) is 0 Å². The van der Waals surface area contributed by atoms with Gasteiger partial charge in [-0.1, -0.05) is 61.5 Å². The molecule has 0 N–H and O–H groups in total. The van der Waals surface area contributed by atoms with Crippen molar-refractivity contribution in [2.24, 2.45) is 5.92 Å². The van der Waals surface area contributed by atoms with E-state index >= 15 is 0 Å². The molecular weight excluding hydrogens is 476 g/mol. The Kier molecular flexibility index (Phi) is 4.83. The molecule has 4 heteroatoms. The highest BCUT2D eigenvalue weighted by atomic mass is 15.0. The predicted molar refractivity (Wildman–Crippen MR) is 161 cm³/mol. The number of allylic oxidation sites excluding steroid dienone is 1. The van der Waals surface area contributed by atoms with Gasteiger partial charge in [0.2, 0.25) is 0 Å². The molecule has 4 heterocycles. The van der Waals surface area contributed by atoms with Gasteiger partial charge in [-0.25, -0.2) is 0 Å². The van der Waals surface area contributed by atoms with Crippen LogP contribution in [0.5, 0.6) is 0 Å². The Hall–Kier alpha value is -4.96. The smallest absolute Gasteiger partial charge is 0.0571 e. The van der Waals surface area contributed by atoms with Crippen molar-refractivity contribution in [1.29, 1.82) is 0 Å². The lowest BCUT2D eigenvalue weighted by Gasteiger charge is -2.17. The summed E-state index contributed by atoms with van der Waals surface area (Å²) in [4.78, 5) is 8.78. The number of pyridine rings is 2. The zero-order chi connectivity index (χ0) is 25.9. The minimum Gasteiger partial charge on any atom is -0.313 e. The maximum atomic E-state index is 4.41. The lowest BCUT2D eigenvalue weighted by molar-refractivity contribution is 0.690. The second kappa shape index (κ2) is 8.53. The lowest BCUT2D eigenvalue weighted by Crippen LogP contribution is -2.08. The molecule has 1 unspecified atom stereocenters. The van der Waals surface area contributed by atoms with E-state index in [0.717, 1.165) is 12.1 Å². The average Bonchev–Trinajstić information content (AvgIpc) is 3.50. The van der Waals surface area contributed by atoms with Crippen LogP contribution in [-0.4, -0.2) is 19.1 Å². The first-order valence-corrected chi connectivity index (χ1v) is 13.5. The van der Waals surface area contributed by atoms with Gasteiger partial charge < -0.3 is 9.13 Å². The Morgan fingerprint density at radius 2 is 1.21 bits per heavy atom. The molecule has 7 aromatic rings. The number of benzene rings is 3. The van der Waals surface area contributed by atoms with Crippen LogP contribution in [-0.2, 0) is 6.42 Å². The van der Waals surface area contributed by atoms with Crippen molar-refractivity contribution in [3.63, 3.8) is 0 Å². The van der Waals surface area contributed by atoms with Crippen molar-refractivity contribution in [2.75, 3.05) is 0 Å². The summed E-state index contributed by atoms with van der Waals surface area (Å²) in [5, 5.41) is 3.62. The molecular formula is C35H26N4. The van der Waals surface area contributed by atoms with Crippen molar-refractivity contribution in [3.05, 3.63) is 127 Å². The summed E-state index contributed by atoms with van der Waals surface area (Å²) in [6.07, 6.45) is 13.3. The Morgan fingerprint density at radius 1 is 0.615 bits per heavy atom. The molecule has 0 amide bonds. The van der Waals surface area contributed by atoms with Gasteiger partial charge in [-0.15, -0.1) is 0 Å². The van der Waals surface area contributed by atoms with Gasteiger partial charge in [-0.2, -0.15) is 0 Å². The Balaban J connectivity index is 1.18. The zero-order valence-electron chi connectivity index (χ0n) is 21.6. The van der Waals surface area contributed by atoms with Gasteiger partial charge in [0.25, 0.3) is 0 Å². The van der Waals surface area contributed by atoms with Crippen molar-refractivity contribution >= 4 is 38.8 Å². The van der Waals surface area contributed by atoms with E-state index in [9.17, 15) is 0 Å². The third-order valence-corrected chi connectivity index (χ3v) is 8.08. The summed E-state index contributed by atoms with van der Waals surface area (Å²) < 4.78 is 4.74. The van der Waals surface area contributed by atoms with Gasteiger partial charge in [0.1, 0.15) is 0 Å². The molecule has 1 aliphatic rings. The van der Waals surface area contributed by atoms with Gasteiger partial charge in [-0.05, 0) is 65.9 Å². The first kappa shape index (κ1) is 22.1. The van der Waals surface area contributed by atoms with E-state index in [4.69, 9.17) is 0 Å². The Bertz CT molecular complexity index is 1990. The van der Waals surface area contributed by atoms with Crippen LogP contribution < -0.4 is 0 Å². The summed E-state index contributed by atoms with van der Waals surface area (Å²) in [5.74, 6) is 0.525. The third kappa shape index (κ3) is 3.38. The molecule has 39 heavy (non-hydrogen) atoms. The molecule has 4 nitrogen and oxygen atoms in total. The maximum Gasteiger partial charge on any atom is 0.0571 e. The maximum absolute atomic E-state index is 4.41. The second-order valence-electron chi connectivity index (χ2n) is 10.5. The van der Waals surface area contributed by atoms with Crippen LogP contribution in [0.3, 0.4) is 0 Å².